The lowest BCUT2D eigenvalue weighted by Crippen LogP contribution is -2.29. The molecule has 0 aliphatic carbocycles. The van der Waals surface area contributed by atoms with Crippen LogP contribution in [0.5, 0.6) is 11.5 Å². The molecule has 4 aromatic rings. The van der Waals surface area contributed by atoms with E-state index in [2.05, 4.69) is 27.3 Å². The molecule has 1 aliphatic heterocycles. The second kappa shape index (κ2) is 8.76. The number of benzene rings is 3. The van der Waals surface area contributed by atoms with Crippen LogP contribution in [0.2, 0.25) is 0 Å². The van der Waals surface area contributed by atoms with Crippen LogP contribution >= 0.6 is 22.6 Å². The fraction of sp³-hybridized carbons (Fsp3) is 0.167. The van der Waals surface area contributed by atoms with E-state index in [9.17, 15) is 8.42 Å². The van der Waals surface area contributed by atoms with Crippen molar-refractivity contribution in [3.63, 3.8) is 0 Å². The van der Waals surface area contributed by atoms with Gasteiger partial charge >= 0.3 is 0 Å². The predicted molar refractivity (Wildman–Crippen MR) is 130 cm³/mol. The van der Waals surface area contributed by atoms with Crippen LogP contribution in [0.3, 0.4) is 0 Å². The Balaban J connectivity index is 1.56. The van der Waals surface area contributed by atoms with Gasteiger partial charge in [-0.05, 0) is 58.5 Å². The molecule has 2 heterocycles. The average Bonchev–Trinajstić information content (AvgIpc) is 3.08. The van der Waals surface area contributed by atoms with Crippen LogP contribution in [0.4, 0.5) is 0 Å². The Labute approximate surface area is 199 Å². The molecule has 6 nitrogen and oxygen atoms in total. The van der Waals surface area contributed by atoms with E-state index in [4.69, 9.17) is 13.9 Å². The Morgan fingerprint density at radius 2 is 1.62 bits per heavy atom. The van der Waals surface area contributed by atoms with E-state index in [0.717, 1.165) is 20.9 Å². The van der Waals surface area contributed by atoms with E-state index in [1.807, 2.05) is 54.6 Å². The zero-order valence-electron chi connectivity index (χ0n) is 17.0. The maximum absolute atomic E-state index is 13.4. The molecule has 0 amide bonds. The molecule has 0 unspecified atom stereocenters. The van der Waals surface area contributed by atoms with Gasteiger partial charge in [0.25, 0.3) is 0 Å². The highest BCUT2D eigenvalue weighted by atomic mass is 127. The van der Waals surface area contributed by atoms with Gasteiger partial charge in [-0.15, -0.1) is 0 Å². The second-order valence-corrected chi connectivity index (χ2v) is 10.3. The van der Waals surface area contributed by atoms with Gasteiger partial charge in [-0.1, -0.05) is 36.4 Å². The molecule has 1 atom stereocenters. The number of nitrogens with one attached hydrogen (secondary N) is 1. The molecule has 1 aliphatic rings. The third-order valence-electron chi connectivity index (χ3n) is 5.25. The van der Waals surface area contributed by atoms with Gasteiger partial charge in [0.2, 0.25) is 10.0 Å². The van der Waals surface area contributed by atoms with Crippen molar-refractivity contribution >= 4 is 43.6 Å². The monoisotopic (exact) mass is 561 g/mol. The molecular weight excluding hydrogens is 541 g/mol. The van der Waals surface area contributed by atoms with Crippen LogP contribution in [-0.4, -0.2) is 21.6 Å². The molecule has 1 N–H and O–H groups in total. The van der Waals surface area contributed by atoms with E-state index < -0.39 is 16.1 Å². The first kappa shape index (κ1) is 21.3. The van der Waals surface area contributed by atoms with Crippen molar-refractivity contribution in [2.45, 2.75) is 17.4 Å². The summed E-state index contributed by atoms with van der Waals surface area (Å²) in [5.74, 6) is 1.50. The van der Waals surface area contributed by atoms with Gasteiger partial charge in [0, 0.05) is 21.4 Å². The van der Waals surface area contributed by atoms with Gasteiger partial charge in [-0.3, -0.25) is 0 Å². The predicted octanol–water partition coefficient (Wildman–Crippen LogP) is 5.27. The molecule has 0 saturated heterocycles. The number of fused-ring (bicyclic) bond motifs is 2. The number of sulfonamides is 1. The molecule has 8 heteroatoms. The molecule has 0 fully saturated rings. The third-order valence-corrected chi connectivity index (χ3v) is 7.65. The van der Waals surface area contributed by atoms with Gasteiger partial charge in [0.05, 0.1) is 18.1 Å². The Morgan fingerprint density at radius 1 is 0.875 bits per heavy atom. The van der Waals surface area contributed by atoms with E-state index in [1.54, 1.807) is 6.07 Å². The number of halogens is 1. The van der Waals surface area contributed by atoms with Gasteiger partial charge < -0.3 is 13.9 Å². The number of hydrogen-bond donors (Lipinski definition) is 1. The number of rotatable bonds is 5. The quantitative estimate of drug-likeness (QED) is 0.336. The second-order valence-electron chi connectivity index (χ2n) is 7.42. The Morgan fingerprint density at radius 3 is 2.44 bits per heavy atom. The fourth-order valence-corrected chi connectivity index (χ4v) is 5.56. The number of para-hydroxylation sites is 1. The number of ether oxygens (including phenoxy) is 2. The molecule has 0 spiro atoms. The molecule has 0 bridgehead atoms. The first-order valence-corrected chi connectivity index (χ1v) is 12.7. The maximum atomic E-state index is 13.4. The summed E-state index contributed by atoms with van der Waals surface area (Å²) >= 11 is 2.21. The summed E-state index contributed by atoms with van der Waals surface area (Å²) in [5, 5.41) is 0.910. The minimum absolute atomic E-state index is 0.105. The van der Waals surface area contributed by atoms with Crippen molar-refractivity contribution in [1.29, 1.82) is 0 Å². The zero-order chi connectivity index (χ0) is 22.1. The SMILES string of the molecule is O=S(=O)(N[C@@H](c1cc2ccccc2o1)c1ccccc1I)c1ccc2c(c1)OCCCO2. The summed E-state index contributed by atoms with van der Waals surface area (Å²) in [6.45, 7) is 1.02. The maximum Gasteiger partial charge on any atom is 0.241 e. The molecular formula is C24H20INO5S. The molecule has 5 rings (SSSR count). The number of hydrogen-bond acceptors (Lipinski definition) is 5. The Hall–Kier alpha value is -2.56. The first-order chi connectivity index (χ1) is 15.5. The van der Waals surface area contributed by atoms with Crippen molar-refractivity contribution in [3.8, 4) is 11.5 Å². The summed E-state index contributed by atoms with van der Waals surface area (Å²) in [6.07, 6.45) is 0.746. The molecule has 0 saturated carbocycles. The van der Waals surface area contributed by atoms with Crippen molar-refractivity contribution < 1.29 is 22.3 Å². The van der Waals surface area contributed by atoms with Crippen LogP contribution in [0, 0.1) is 3.57 Å². The summed E-state index contributed by atoms with van der Waals surface area (Å²) in [4.78, 5) is 0.105. The standard InChI is InChI=1S/C24H20INO5S/c25-19-8-3-2-7-18(19)24(23-14-16-6-1-4-9-20(16)31-23)26-32(27,28)17-10-11-21-22(15-17)30-13-5-12-29-21/h1-4,6-11,14-15,24,26H,5,12-13H2/t24-/m1/s1. The van der Waals surface area contributed by atoms with Crippen LogP contribution < -0.4 is 14.2 Å². The highest BCUT2D eigenvalue weighted by molar-refractivity contribution is 14.1. The van der Waals surface area contributed by atoms with E-state index in [-0.39, 0.29) is 4.90 Å². The van der Waals surface area contributed by atoms with Crippen LogP contribution in [0.25, 0.3) is 11.0 Å². The van der Waals surface area contributed by atoms with Gasteiger partial charge in [-0.2, -0.15) is 4.72 Å². The Kier molecular flexibility index (Phi) is 5.83. The normalized spacial score (nSPS) is 14.8. The van der Waals surface area contributed by atoms with Gasteiger partial charge in [0.15, 0.2) is 11.5 Å². The van der Waals surface area contributed by atoms with Crippen LogP contribution in [0.15, 0.2) is 82.1 Å². The minimum atomic E-state index is -3.90. The number of furan rings is 1. The lowest BCUT2D eigenvalue weighted by atomic mass is 10.1. The van der Waals surface area contributed by atoms with Crippen molar-refractivity contribution in [3.05, 3.63) is 87.7 Å². The highest BCUT2D eigenvalue weighted by Gasteiger charge is 2.28. The van der Waals surface area contributed by atoms with Crippen LogP contribution in [-0.2, 0) is 10.0 Å². The van der Waals surface area contributed by atoms with Crippen molar-refractivity contribution in [2.75, 3.05) is 13.2 Å². The summed E-state index contributed by atoms with van der Waals surface area (Å²) in [6, 6.07) is 21.1. The minimum Gasteiger partial charge on any atom is -0.490 e. The van der Waals surface area contributed by atoms with E-state index in [1.165, 1.54) is 12.1 Å². The van der Waals surface area contributed by atoms with Gasteiger partial charge in [0.1, 0.15) is 17.4 Å². The van der Waals surface area contributed by atoms with Crippen molar-refractivity contribution in [1.82, 2.24) is 4.72 Å². The average molecular weight is 561 g/mol. The largest absolute Gasteiger partial charge is 0.490 e. The molecule has 1 aromatic heterocycles. The first-order valence-electron chi connectivity index (χ1n) is 10.2. The fourth-order valence-electron chi connectivity index (χ4n) is 3.66. The smallest absolute Gasteiger partial charge is 0.241 e. The van der Waals surface area contributed by atoms with Crippen molar-refractivity contribution in [2.24, 2.45) is 0 Å². The zero-order valence-corrected chi connectivity index (χ0v) is 19.9. The Bertz CT molecular complexity index is 1350. The molecule has 3 aromatic carbocycles. The molecule has 32 heavy (non-hydrogen) atoms. The third kappa shape index (κ3) is 4.22. The lowest BCUT2D eigenvalue weighted by Gasteiger charge is -2.19. The van der Waals surface area contributed by atoms with Gasteiger partial charge in [-0.25, -0.2) is 8.42 Å². The molecule has 0 radical (unpaired) electrons. The van der Waals surface area contributed by atoms with E-state index >= 15 is 0 Å². The highest BCUT2D eigenvalue weighted by Crippen LogP contribution is 2.35. The lowest BCUT2D eigenvalue weighted by molar-refractivity contribution is 0.297. The topological polar surface area (TPSA) is 77.8 Å². The summed E-state index contributed by atoms with van der Waals surface area (Å²) < 4.78 is 48.0. The summed E-state index contributed by atoms with van der Waals surface area (Å²) in [7, 11) is -3.90. The van der Waals surface area contributed by atoms with E-state index in [0.29, 0.717) is 36.1 Å². The van der Waals surface area contributed by atoms with Crippen LogP contribution in [0.1, 0.15) is 23.8 Å². The summed E-state index contributed by atoms with van der Waals surface area (Å²) in [5.41, 5.74) is 1.51. The molecule has 164 valence electrons.